The Balaban J connectivity index is 1.40. The molecule has 232 valence electrons. The number of piperidine rings is 1. The molecule has 1 atom stereocenters. The number of nitrogens with two attached hydrogens (primary N) is 1. The first-order chi connectivity index (χ1) is 20.6. The zero-order valence-corrected chi connectivity index (χ0v) is 25.2. The second kappa shape index (κ2) is 12.8. The van der Waals surface area contributed by atoms with Crippen LogP contribution in [0.25, 0.3) is 10.9 Å². The molecule has 43 heavy (non-hydrogen) atoms. The van der Waals surface area contributed by atoms with Gasteiger partial charge in [-0.25, -0.2) is 9.97 Å². The van der Waals surface area contributed by atoms with Gasteiger partial charge in [0.25, 0.3) is 5.92 Å². The van der Waals surface area contributed by atoms with E-state index in [1.54, 1.807) is 20.1 Å². The fraction of sp³-hybridized carbons (Fsp3) is 0.516. The maximum absolute atomic E-state index is 14.7. The van der Waals surface area contributed by atoms with Gasteiger partial charge in [-0.15, -0.1) is 0 Å². The van der Waals surface area contributed by atoms with Crippen molar-refractivity contribution in [2.45, 2.75) is 38.7 Å². The molecule has 1 aromatic heterocycles. The Morgan fingerprint density at radius 3 is 2.51 bits per heavy atom. The number of hydrogen-bond donors (Lipinski definition) is 2. The first kappa shape index (κ1) is 30.7. The molecule has 1 amide bonds. The molecule has 3 aromatic rings. The number of ether oxygens (including phenoxy) is 3. The van der Waals surface area contributed by atoms with Crippen molar-refractivity contribution in [1.82, 2.24) is 14.9 Å². The number of aromatic nitrogens is 2. The molecule has 0 radical (unpaired) electrons. The van der Waals surface area contributed by atoms with Crippen molar-refractivity contribution in [2.24, 2.45) is 5.92 Å². The number of alkyl halides is 2. The van der Waals surface area contributed by atoms with E-state index in [1.807, 2.05) is 24.0 Å². The molecule has 0 saturated carbocycles. The van der Waals surface area contributed by atoms with Crippen molar-refractivity contribution in [2.75, 3.05) is 76.2 Å². The second-order valence-electron chi connectivity index (χ2n) is 11.3. The smallest absolute Gasteiger partial charge is 0.296 e. The Labute approximate surface area is 250 Å². The molecule has 2 fully saturated rings. The van der Waals surface area contributed by atoms with Gasteiger partial charge in [-0.2, -0.15) is 8.78 Å². The van der Waals surface area contributed by atoms with Crippen LogP contribution < -0.4 is 20.7 Å². The highest BCUT2D eigenvalue weighted by molar-refractivity contribution is 5.94. The predicted octanol–water partition coefficient (Wildman–Crippen LogP) is 4.52. The third kappa shape index (κ3) is 6.75. The Bertz CT molecular complexity index is 1460. The van der Waals surface area contributed by atoms with E-state index >= 15 is 0 Å². The molecule has 0 unspecified atom stereocenters. The first-order valence-corrected chi connectivity index (χ1v) is 14.6. The highest BCUT2D eigenvalue weighted by atomic mass is 19.3. The van der Waals surface area contributed by atoms with Crippen LogP contribution in [0.2, 0.25) is 0 Å². The molecule has 2 aromatic carbocycles. The lowest BCUT2D eigenvalue weighted by molar-refractivity contribution is -0.140. The maximum Gasteiger partial charge on any atom is 0.296 e. The average Bonchev–Trinajstić information content (AvgIpc) is 3.00. The van der Waals surface area contributed by atoms with E-state index in [9.17, 15) is 13.6 Å². The monoisotopic (exact) mass is 598 g/mol. The van der Waals surface area contributed by atoms with Crippen LogP contribution in [-0.4, -0.2) is 81.0 Å². The molecule has 0 spiro atoms. The summed E-state index contributed by atoms with van der Waals surface area (Å²) in [4.78, 5) is 26.5. The fourth-order valence-electron chi connectivity index (χ4n) is 5.88. The van der Waals surface area contributed by atoms with Crippen LogP contribution in [0, 0.1) is 12.8 Å². The summed E-state index contributed by atoms with van der Waals surface area (Å²) in [5.74, 6) is -1.17. The number of nitrogens with zero attached hydrogens (tertiary/aromatic N) is 4. The average molecular weight is 599 g/mol. The van der Waals surface area contributed by atoms with Crippen molar-refractivity contribution >= 4 is 34.0 Å². The SMILES string of the molecule is COCC(F)(F)c1cc(N)cc([C@@H](C)Nc2nc(C)nc3cc(OC)c(N4CCC(C(=O)N5CCOCC5)CC4)cc23)c1. The number of nitrogens with one attached hydrogen (secondary N) is 1. The quantitative estimate of drug-likeness (QED) is 0.343. The lowest BCUT2D eigenvalue weighted by atomic mass is 9.94. The molecule has 2 aliphatic heterocycles. The van der Waals surface area contributed by atoms with E-state index in [4.69, 9.17) is 19.9 Å². The standard InChI is InChI=1S/C31H40F2N6O4/c1-19(22-13-23(15-24(34)14-22)31(32,33)18-41-3)35-29-25-16-27(28(42-4)17-26(25)36-20(2)37-29)38-7-5-21(6-8-38)30(40)39-9-11-43-12-10-39/h13-17,19,21H,5-12,18,34H2,1-4H3,(H,35,36,37)/t19-/m1/s1. The summed E-state index contributed by atoms with van der Waals surface area (Å²) in [6.45, 7) is 6.83. The first-order valence-electron chi connectivity index (χ1n) is 14.6. The van der Waals surface area contributed by atoms with E-state index in [0.29, 0.717) is 67.9 Å². The summed E-state index contributed by atoms with van der Waals surface area (Å²) >= 11 is 0. The van der Waals surface area contributed by atoms with Gasteiger partial charge < -0.3 is 35.1 Å². The number of halogens is 2. The summed E-state index contributed by atoms with van der Waals surface area (Å²) in [5, 5.41) is 4.18. The number of morpholine rings is 1. The summed E-state index contributed by atoms with van der Waals surface area (Å²) in [6, 6.07) is 7.90. The molecular weight excluding hydrogens is 558 g/mol. The van der Waals surface area contributed by atoms with Crippen molar-refractivity contribution in [3.8, 4) is 5.75 Å². The number of nitrogen functional groups attached to an aromatic ring is 1. The van der Waals surface area contributed by atoms with Gasteiger partial charge in [-0.3, -0.25) is 4.79 Å². The molecule has 0 aliphatic carbocycles. The molecular formula is C31H40F2N6O4. The van der Waals surface area contributed by atoms with Gasteiger partial charge in [-0.1, -0.05) is 0 Å². The van der Waals surface area contributed by atoms with Gasteiger partial charge in [0, 0.05) is 61.9 Å². The molecule has 3 heterocycles. The summed E-state index contributed by atoms with van der Waals surface area (Å²) < 4.78 is 45.2. The van der Waals surface area contributed by atoms with Crippen LogP contribution in [0.4, 0.5) is 26.0 Å². The van der Waals surface area contributed by atoms with Gasteiger partial charge in [0.2, 0.25) is 5.91 Å². The number of methoxy groups -OCH3 is 2. The fourth-order valence-corrected chi connectivity index (χ4v) is 5.88. The lowest BCUT2D eigenvalue weighted by Gasteiger charge is -2.37. The van der Waals surface area contributed by atoms with Gasteiger partial charge >= 0.3 is 0 Å². The number of fused-ring (bicyclic) bond motifs is 1. The van der Waals surface area contributed by atoms with Gasteiger partial charge in [0.05, 0.1) is 37.6 Å². The molecule has 0 bridgehead atoms. The Morgan fingerprint density at radius 2 is 1.84 bits per heavy atom. The van der Waals surface area contributed by atoms with E-state index in [2.05, 4.69) is 20.2 Å². The van der Waals surface area contributed by atoms with Crippen LogP contribution in [0.3, 0.4) is 0 Å². The third-order valence-corrected chi connectivity index (χ3v) is 8.19. The molecule has 10 nitrogen and oxygen atoms in total. The third-order valence-electron chi connectivity index (χ3n) is 8.19. The van der Waals surface area contributed by atoms with E-state index in [1.165, 1.54) is 19.2 Å². The number of aryl methyl sites for hydroxylation is 1. The van der Waals surface area contributed by atoms with Crippen molar-refractivity contribution in [3.05, 3.63) is 47.3 Å². The normalized spacial score (nSPS) is 17.3. The highest BCUT2D eigenvalue weighted by Crippen LogP contribution is 2.38. The van der Waals surface area contributed by atoms with Gasteiger partial charge in [0.1, 0.15) is 24.0 Å². The predicted molar refractivity (Wildman–Crippen MR) is 162 cm³/mol. The maximum atomic E-state index is 14.7. The van der Waals surface area contributed by atoms with Crippen LogP contribution in [0.15, 0.2) is 30.3 Å². The molecule has 12 heteroatoms. The number of carbonyl (C=O) groups is 1. The van der Waals surface area contributed by atoms with E-state index in [0.717, 1.165) is 23.9 Å². The van der Waals surface area contributed by atoms with Gasteiger partial charge in [0.15, 0.2) is 0 Å². The zero-order valence-electron chi connectivity index (χ0n) is 25.2. The number of rotatable bonds is 9. The minimum Gasteiger partial charge on any atom is -0.495 e. The molecule has 2 aliphatic rings. The van der Waals surface area contributed by atoms with Crippen LogP contribution in [0.5, 0.6) is 5.75 Å². The molecule has 3 N–H and O–H groups in total. The minimum atomic E-state index is -3.18. The van der Waals surface area contributed by atoms with Crippen molar-refractivity contribution < 1.29 is 27.8 Å². The second-order valence-corrected chi connectivity index (χ2v) is 11.3. The Kier molecular flexibility index (Phi) is 9.16. The summed E-state index contributed by atoms with van der Waals surface area (Å²) in [6.07, 6.45) is 1.49. The molecule has 5 rings (SSSR count). The topological polar surface area (TPSA) is 115 Å². The van der Waals surface area contributed by atoms with E-state index in [-0.39, 0.29) is 23.1 Å². The minimum absolute atomic E-state index is 0.00988. The van der Waals surface area contributed by atoms with Crippen LogP contribution in [-0.2, 0) is 20.2 Å². The number of amides is 1. The number of benzene rings is 2. The van der Waals surface area contributed by atoms with Crippen LogP contribution in [0.1, 0.15) is 42.8 Å². The Morgan fingerprint density at radius 1 is 1.12 bits per heavy atom. The van der Waals surface area contributed by atoms with Crippen molar-refractivity contribution in [3.63, 3.8) is 0 Å². The van der Waals surface area contributed by atoms with Gasteiger partial charge in [-0.05, 0) is 56.5 Å². The number of hydrogen-bond acceptors (Lipinski definition) is 9. The van der Waals surface area contributed by atoms with Crippen molar-refractivity contribution in [1.29, 1.82) is 0 Å². The lowest BCUT2D eigenvalue weighted by Crippen LogP contribution is -2.46. The molecule has 2 saturated heterocycles. The highest BCUT2D eigenvalue weighted by Gasteiger charge is 2.33. The largest absolute Gasteiger partial charge is 0.495 e. The summed E-state index contributed by atoms with van der Waals surface area (Å²) in [7, 11) is 2.87. The zero-order chi connectivity index (χ0) is 30.7. The number of carbonyl (C=O) groups excluding carboxylic acids is 1. The number of anilines is 3. The van der Waals surface area contributed by atoms with Crippen LogP contribution >= 0.6 is 0 Å². The Hall–Kier alpha value is -3.77. The summed E-state index contributed by atoms with van der Waals surface area (Å²) in [5.41, 5.74) is 8.24. The van der Waals surface area contributed by atoms with E-state index < -0.39 is 18.6 Å².